The molecule has 216 valence electrons. The number of aromatic nitrogens is 1. The van der Waals surface area contributed by atoms with E-state index in [0.717, 1.165) is 11.3 Å². The van der Waals surface area contributed by atoms with E-state index < -0.39 is 0 Å². The van der Waals surface area contributed by atoms with Crippen molar-refractivity contribution < 1.29 is 20.1 Å². The van der Waals surface area contributed by atoms with Gasteiger partial charge in [-0.15, -0.1) is 53.7 Å². The molecule has 0 fully saturated rings. The minimum atomic E-state index is 0. The number of nitrogens with zero attached hydrogens (tertiary/aromatic N) is 3. The van der Waals surface area contributed by atoms with Gasteiger partial charge in [0, 0.05) is 28.2 Å². The SMILES string of the molecule is CC1(C)CCC(C)(C)c2c1c[c-]c1c2Sc2cccc3c2N1[CH-]N3c1ccccc1.[Ir+3].[c-]1ccccc1-c1ccccn1. The number of pyridine rings is 1. The summed E-state index contributed by atoms with van der Waals surface area (Å²) < 4.78 is 0. The second-order valence-electron chi connectivity index (χ2n) is 12.4. The Morgan fingerprint density at radius 3 is 2.30 bits per heavy atom. The zero-order chi connectivity index (χ0) is 28.9. The summed E-state index contributed by atoms with van der Waals surface area (Å²) in [6.45, 7) is 11.8. The third-order valence-corrected chi connectivity index (χ3v) is 9.84. The van der Waals surface area contributed by atoms with Crippen molar-refractivity contribution in [3.05, 3.63) is 133 Å². The van der Waals surface area contributed by atoms with E-state index in [1.807, 2.05) is 54.2 Å². The summed E-state index contributed by atoms with van der Waals surface area (Å²) in [5, 5.41) is 0. The summed E-state index contributed by atoms with van der Waals surface area (Å²) in [5.74, 6) is 0. The number of para-hydroxylation sites is 2. The van der Waals surface area contributed by atoms with E-state index in [4.69, 9.17) is 0 Å². The molecule has 5 aromatic rings. The van der Waals surface area contributed by atoms with Gasteiger partial charge in [-0.1, -0.05) is 86.5 Å². The van der Waals surface area contributed by atoms with Gasteiger partial charge in [0.15, 0.2) is 0 Å². The maximum absolute atomic E-state index is 4.22. The van der Waals surface area contributed by atoms with Gasteiger partial charge in [-0.2, -0.15) is 23.9 Å². The normalized spacial score (nSPS) is 16.6. The van der Waals surface area contributed by atoms with Crippen LogP contribution in [-0.4, -0.2) is 4.98 Å². The molecule has 4 aromatic carbocycles. The average Bonchev–Trinajstić information content (AvgIpc) is 3.42. The molecular weight excluding hydrogens is 723 g/mol. The van der Waals surface area contributed by atoms with Crippen LogP contribution in [0.1, 0.15) is 51.7 Å². The van der Waals surface area contributed by atoms with Gasteiger partial charge in [-0.25, -0.2) is 0 Å². The van der Waals surface area contributed by atoms with Gasteiger partial charge in [0.05, 0.1) is 0 Å². The maximum atomic E-state index is 4.22. The van der Waals surface area contributed by atoms with Crippen LogP contribution in [0.15, 0.2) is 113 Å². The third kappa shape index (κ3) is 5.33. The molecule has 0 saturated heterocycles. The zero-order valence-corrected chi connectivity index (χ0v) is 28.1. The van der Waals surface area contributed by atoms with Crippen LogP contribution in [0.5, 0.6) is 0 Å². The fourth-order valence-corrected chi connectivity index (χ4v) is 7.71. The predicted octanol–water partition coefficient (Wildman–Crippen LogP) is 10.3. The molecule has 0 atom stereocenters. The summed E-state index contributed by atoms with van der Waals surface area (Å²) in [6.07, 6.45) is 4.23. The van der Waals surface area contributed by atoms with E-state index in [1.165, 1.54) is 56.5 Å². The molecule has 1 aromatic heterocycles. The van der Waals surface area contributed by atoms with Crippen LogP contribution in [0.2, 0.25) is 0 Å². The van der Waals surface area contributed by atoms with Crippen LogP contribution >= 0.6 is 11.8 Å². The third-order valence-electron chi connectivity index (χ3n) is 8.69. The summed E-state index contributed by atoms with van der Waals surface area (Å²) in [6, 6.07) is 40.1. The van der Waals surface area contributed by atoms with E-state index in [-0.39, 0.29) is 30.9 Å². The topological polar surface area (TPSA) is 19.4 Å². The summed E-state index contributed by atoms with van der Waals surface area (Å²) in [4.78, 5) is 11.6. The van der Waals surface area contributed by atoms with Gasteiger partial charge in [0.1, 0.15) is 0 Å². The molecule has 0 radical (unpaired) electrons. The molecule has 2 aliphatic heterocycles. The fourth-order valence-electron chi connectivity index (χ4n) is 6.30. The second-order valence-corrected chi connectivity index (χ2v) is 13.5. The Balaban J connectivity index is 0.000000213. The van der Waals surface area contributed by atoms with Crippen LogP contribution in [0.3, 0.4) is 0 Å². The largest absolute Gasteiger partial charge is 3.00 e. The van der Waals surface area contributed by atoms with Crippen molar-refractivity contribution in [1.29, 1.82) is 0 Å². The van der Waals surface area contributed by atoms with Crippen molar-refractivity contribution in [1.82, 2.24) is 4.98 Å². The quantitative estimate of drug-likeness (QED) is 0.167. The molecule has 3 nitrogen and oxygen atoms in total. The van der Waals surface area contributed by atoms with Crippen LogP contribution in [0.25, 0.3) is 11.3 Å². The molecule has 3 heterocycles. The second kappa shape index (κ2) is 11.6. The van der Waals surface area contributed by atoms with Crippen molar-refractivity contribution in [2.24, 2.45) is 0 Å². The minimum absolute atomic E-state index is 0. The molecule has 0 N–H and O–H groups in total. The first-order valence-corrected chi connectivity index (χ1v) is 15.4. The van der Waals surface area contributed by atoms with Gasteiger partial charge >= 0.3 is 20.1 Å². The van der Waals surface area contributed by atoms with E-state index in [1.54, 1.807) is 6.20 Å². The van der Waals surface area contributed by atoms with Crippen molar-refractivity contribution in [3.8, 4) is 11.3 Å². The first-order chi connectivity index (χ1) is 20.3. The van der Waals surface area contributed by atoms with Crippen LogP contribution in [0.4, 0.5) is 22.7 Å². The molecule has 0 spiro atoms. The van der Waals surface area contributed by atoms with Crippen LogP contribution in [0, 0.1) is 18.8 Å². The molecule has 0 saturated carbocycles. The predicted molar refractivity (Wildman–Crippen MR) is 175 cm³/mol. The van der Waals surface area contributed by atoms with Crippen molar-refractivity contribution >= 4 is 34.5 Å². The number of rotatable bonds is 2. The minimum Gasteiger partial charge on any atom is -0.492 e. The molecule has 43 heavy (non-hydrogen) atoms. The van der Waals surface area contributed by atoms with E-state index >= 15 is 0 Å². The van der Waals surface area contributed by atoms with Gasteiger partial charge < -0.3 is 14.8 Å². The molecule has 1 aliphatic carbocycles. The van der Waals surface area contributed by atoms with Gasteiger partial charge in [0.25, 0.3) is 0 Å². The summed E-state index contributed by atoms with van der Waals surface area (Å²) in [5.41, 5.74) is 10.3. The fraction of sp³-hybridized carbons (Fsp3) is 0.211. The molecule has 0 amide bonds. The molecule has 8 rings (SSSR count). The van der Waals surface area contributed by atoms with Gasteiger partial charge in [0.2, 0.25) is 0 Å². The first-order valence-electron chi connectivity index (χ1n) is 14.6. The van der Waals surface area contributed by atoms with E-state index in [0.29, 0.717) is 0 Å². The summed E-state index contributed by atoms with van der Waals surface area (Å²) >= 11 is 1.94. The molecule has 3 aliphatic rings. The van der Waals surface area contributed by atoms with Crippen molar-refractivity contribution in [3.63, 3.8) is 0 Å². The number of anilines is 4. The number of hydrogen-bond acceptors (Lipinski definition) is 4. The van der Waals surface area contributed by atoms with Gasteiger partial charge in [-0.05, 0) is 47.9 Å². The molecular formula is C38H34IrN3S. The molecule has 0 unspecified atom stereocenters. The Morgan fingerprint density at radius 2 is 1.56 bits per heavy atom. The number of benzene rings is 4. The Hall–Kier alpha value is -3.37. The monoisotopic (exact) mass is 757 g/mol. The van der Waals surface area contributed by atoms with Gasteiger partial charge in [-0.3, -0.25) is 0 Å². The Labute approximate surface area is 273 Å². The van der Waals surface area contributed by atoms with Crippen molar-refractivity contribution in [2.45, 2.75) is 61.2 Å². The smallest absolute Gasteiger partial charge is 0.492 e. The number of fused-ring (bicyclic) bond motifs is 4. The standard InChI is InChI=1S/C27H26N2S.C11H8N.Ir/c1-26(2)15-16-27(3,4)23-19(26)13-14-21-25(23)30-22-12-8-11-20-24(22)29(21)17-28(20)18-9-6-5-7-10-18;1-2-6-10(7-3-1)11-8-4-5-9-12-11;/h5-13,17H,15-16H2,1-4H3;1-6,8-9H;/q-2;-1;+3. The first kappa shape index (κ1) is 29.7. The maximum Gasteiger partial charge on any atom is 3.00 e. The number of hydrogen-bond donors (Lipinski definition) is 0. The Kier molecular flexibility index (Phi) is 8.02. The van der Waals surface area contributed by atoms with Crippen molar-refractivity contribution in [2.75, 3.05) is 9.80 Å². The molecule has 5 heteroatoms. The zero-order valence-electron chi connectivity index (χ0n) is 24.9. The van der Waals surface area contributed by atoms with E-state index in [2.05, 4.69) is 116 Å². The Bertz CT molecular complexity index is 1700. The van der Waals surface area contributed by atoms with Crippen LogP contribution in [-0.2, 0) is 30.9 Å². The van der Waals surface area contributed by atoms with Crippen LogP contribution < -0.4 is 9.80 Å². The Morgan fingerprint density at radius 1 is 0.791 bits per heavy atom. The van der Waals surface area contributed by atoms with E-state index in [9.17, 15) is 0 Å². The summed E-state index contributed by atoms with van der Waals surface area (Å²) in [7, 11) is 0. The average molecular weight is 757 g/mol. The molecule has 0 bridgehead atoms.